The molecule has 0 aromatic heterocycles. The van der Waals surface area contributed by atoms with Gasteiger partial charge in [-0.3, -0.25) is 18.6 Å². The van der Waals surface area contributed by atoms with Crippen molar-refractivity contribution in [3.63, 3.8) is 0 Å². The van der Waals surface area contributed by atoms with Crippen LogP contribution in [0.4, 0.5) is 0 Å². The van der Waals surface area contributed by atoms with E-state index in [1.807, 2.05) is 33.3 Å². The molecule has 0 fully saturated rings. The van der Waals surface area contributed by atoms with E-state index in [4.69, 9.17) is 13.8 Å². The molecule has 10 heteroatoms. The van der Waals surface area contributed by atoms with Crippen molar-refractivity contribution in [2.24, 2.45) is 0 Å². The minimum Gasteiger partial charge on any atom is -0.456 e. The molecule has 1 amide bonds. The summed E-state index contributed by atoms with van der Waals surface area (Å²) >= 11 is 0. The maximum atomic E-state index is 13.5. The van der Waals surface area contributed by atoms with Gasteiger partial charge in [0.2, 0.25) is 5.91 Å². The summed E-state index contributed by atoms with van der Waals surface area (Å²) in [4.78, 5) is 37.6. The zero-order chi connectivity index (χ0) is 50.8. The average Bonchev–Trinajstić information content (AvgIpc) is 3.31. The highest BCUT2D eigenvalue weighted by molar-refractivity contribution is 7.47. The van der Waals surface area contributed by atoms with Gasteiger partial charge in [0.05, 0.1) is 33.8 Å². The van der Waals surface area contributed by atoms with Crippen LogP contribution < -0.4 is 5.32 Å². The second kappa shape index (κ2) is 50.0. The molecule has 3 atom stereocenters. The lowest BCUT2D eigenvalue weighted by Gasteiger charge is -2.27. The summed E-state index contributed by atoms with van der Waals surface area (Å²) in [5.41, 5.74) is 0. The largest absolute Gasteiger partial charge is 0.472 e. The van der Waals surface area contributed by atoms with Crippen molar-refractivity contribution < 1.29 is 37.3 Å². The van der Waals surface area contributed by atoms with E-state index in [1.54, 1.807) is 0 Å². The molecule has 408 valence electrons. The first-order chi connectivity index (χ1) is 33.4. The summed E-state index contributed by atoms with van der Waals surface area (Å²) in [6, 6.07) is -0.846. The fraction of sp³-hybridized carbons (Fsp3) is 0.898. The zero-order valence-corrected chi connectivity index (χ0v) is 47.5. The van der Waals surface area contributed by atoms with Gasteiger partial charge in [0, 0.05) is 12.8 Å². The topological polar surface area (TPSA) is 111 Å². The van der Waals surface area contributed by atoms with Crippen LogP contribution in [0.1, 0.15) is 290 Å². The number of phosphoric acid groups is 1. The normalized spacial score (nSPS) is 13.9. The minimum atomic E-state index is -4.44. The van der Waals surface area contributed by atoms with Gasteiger partial charge in [-0.2, -0.15) is 0 Å². The fourth-order valence-corrected chi connectivity index (χ4v) is 9.50. The van der Waals surface area contributed by atoms with Crippen LogP contribution in [0, 0.1) is 0 Å². The van der Waals surface area contributed by atoms with E-state index in [0.29, 0.717) is 23.9 Å². The van der Waals surface area contributed by atoms with Crippen LogP contribution in [0.5, 0.6) is 0 Å². The fourth-order valence-electron chi connectivity index (χ4n) is 8.76. The highest BCUT2D eigenvalue weighted by Crippen LogP contribution is 2.43. The summed E-state index contributed by atoms with van der Waals surface area (Å²) in [6.07, 6.45) is 57.3. The van der Waals surface area contributed by atoms with Crippen molar-refractivity contribution >= 4 is 19.7 Å². The third-order valence-corrected chi connectivity index (χ3v) is 14.4. The molecule has 69 heavy (non-hydrogen) atoms. The third kappa shape index (κ3) is 51.2. The Bertz CT molecular complexity index is 1240. The van der Waals surface area contributed by atoms with Gasteiger partial charge in [-0.25, -0.2) is 4.57 Å². The highest BCUT2D eigenvalue weighted by Gasteiger charge is 2.30. The summed E-state index contributed by atoms with van der Waals surface area (Å²) in [5, 5.41) is 3.05. The molecule has 2 N–H and O–H groups in total. The second-order valence-electron chi connectivity index (χ2n) is 21.5. The molecule has 0 bridgehead atoms. The molecule has 0 aliphatic carbocycles. The number of esters is 1. The third-order valence-electron chi connectivity index (χ3n) is 13.4. The number of hydrogen-bond donors (Lipinski definition) is 2. The highest BCUT2D eigenvalue weighted by atomic mass is 31.2. The molecule has 0 spiro atoms. The lowest BCUT2D eigenvalue weighted by molar-refractivity contribution is -0.870. The Balaban J connectivity index is 5.34. The summed E-state index contributed by atoms with van der Waals surface area (Å²) in [7, 11) is 1.50. The number of nitrogens with zero attached hydrogens (tertiary/aromatic N) is 1. The number of carbonyl (C=O) groups excluding carboxylic acids is 2. The number of hydrogen-bond acceptors (Lipinski definition) is 6. The van der Waals surface area contributed by atoms with Crippen molar-refractivity contribution in [3.05, 3.63) is 24.3 Å². The zero-order valence-electron chi connectivity index (χ0n) is 46.6. The van der Waals surface area contributed by atoms with Crippen molar-refractivity contribution in [1.82, 2.24) is 5.32 Å². The molecule has 9 nitrogen and oxygen atoms in total. The van der Waals surface area contributed by atoms with Gasteiger partial charge in [-0.15, -0.1) is 0 Å². The lowest BCUT2D eigenvalue weighted by atomic mass is 10.0. The summed E-state index contributed by atoms with van der Waals surface area (Å²) < 4.78 is 30.6. The number of phosphoric ester groups is 1. The molecule has 0 radical (unpaired) electrons. The first-order valence-corrected chi connectivity index (χ1v) is 31.2. The Morgan fingerprint density at radius 3 is 1.23 bits per heavy atom. The molecule has 0 aliphatic rings. The molecule has 0 heterocycles. The maximum absolute atomic E-state index is 13.5. The first kappa shape index (κ1) is 67.5. The van der Waals surface area contributed by atoms with Crippen molar-refractivity contribution in [1.29, 1.82) is 0 Å². The van der Waals surface area contributed by atoms with Gasteiger partial charge in [0.1, 0.15) is 19.3 Å². The molecule has 0 aromatic rings. The van der Waals surface area contributed by atoms with Crippen molar-refractivity contribution in [2.45, 2.75) is 303 Å². The smallest absolute Gasteiger partial charge is 0.456 e. The van der Waals surface area contributed by atoms with E-state index in [0.717, 1.165) is 77.0 Å². The predicted molar refractivity (Wildman–Crippen MR) is 296 cm³/mol. The van der Waals surface area contributed by atoms with Gasteiger partial charge < -0.3 is 19.4 Å². The number of nitrogens with one attached hydrogen (secondary N) is 1. The van der Waals surface area contributed by atoms with Gasteiger partial charge in [0.25, 0.3) is 0 Å². The summed E-state index contributed by atoms with van der Waals surface area (Å²) in [5.74, 6) is -0.501. The molecule has 3 unspecified atom stereocenters. The molecule has 0 aromatic carbocycles. The maximum Gasteiger partial charge on any atom is 0.472 e. The number of likely N-dealkylation sites (N-methyl/N-ethyl adjacent to an activating group) is 1. The van der Waals surface area contributed by atoms with Crippen LogP contribution in [0.2, 0.25) is 0 Å². The number of unbranched alkanes of at least 4 members (excludes halogenated alkanes) is 36. The van der Waals surface area contributed by atoms with Crippen LogP contribution in [-0.2, 0) is 27.9 Å². The first-order valence-electron chi connectivity index (χ1n) is 29.7. The molecule has 0 saturated carbocycles. The van der Waals surface area contributed by atoms with Crippen molar-refractivity contribution in [3.8, 4) is 0 Å². The Labute approximate surface area is 428 Å². The second-order valence-corrected chi connectivity index (χ2v) is 23.0. The Hall–Kier alpha value is -1.51. The number of amides is 1. The predicted octanol–water partition coefficient (Wildman–Crippen LogP) is 17.8. The molecule has 0 saturated heterocycles. The molecular formula is C59H116N2O7P+. The van der Waals surface area contributed by atoms with Crippen LogP contribution in [-0.4, -0.2) is 74.3 Å². The molecular weight excluding hydrogens is 880 g/mol. The van der Waals surface area contributed by atoms with Crippen LogP contribution in [0.3, 0.4) is 0 Å². The van der Waals surface area contributed by atoms with Crippen LogP contribution >= 0.6 is 7.82 Å². The number of allylic oxidation sites excluding steroid dienone is 3. The lowest BCUT2D eigenvalue weighted by Crippen LogP contribution is -2.47. The minimum absolute atomic E-state index is 0.0420. The Morgan fingerprint density at radius 1 is 0.493 bits per heavy atom. The van der Waals surface area contributed by atoms with E-state index >= 15 is 0 Å². The monoisotopic (exact) mass is 996 g/mol. The Kier molecular flexibility index (Phi) is 48.9. The van der Waals surface area contributed by atoms with E-state index in [-0.39, 0.29) is 25.1 Å². The summed E-state index contributed by atoms with van der Waals surface area (Å²) in [6.45, 7) is 7.03. The average molecular weight is 997 g/mol. The number of quaternary nitrogens is 1. The SMILES string of the molecule is CCCCCCCCC/C=C/CCCCCCCC(=O)NC(COP(=O)(O)OCC[N+](C)(C)C)C(/C=C/CCCCCCCCCCCCC)OC(=O)CCCCCCCCCCCCCCCC. The quantitative estimate of drug-likeness (QED) is 0.0205. The number of carbonyl (C=O) groups is 2. The van der Waals surface area contributed by atoms with E-state index in [9.17, 15) is 19.0 Å². The molecule has 0 rings (SSSR count). The van der Waals surface area contributed by atoms with Crippen LogP contribution in [0.25, 0.3) is 0 Å². The van der Waals surface area contributed by atoms with E-state index in [2.05, 4.69) is 38.2 Å². The van der Waals surface area contributed by atoms with Crippen molar-refractivity contribution in [2.75, 3.05) is 40.9 Å². The molecule has 0 aliphatic heterocycles. The van der Waals surface area contributed by atoms with E-state index < -0.39 is 20.0 Å². The van der Waals surface area contributed by atoms with E-state index in [1.165, 1.54) is 180 Å². The van der Waals surface area contributed by atoms with Gasteiger partial charge >= 0.3 is 13.8 Å². The van der Waals surface area contributed by atoms with Gasteiger partial charge in [0.15, 0.2) is 0 Å². The number of rotatable bonds is 54. The van der Waals surface area contributed by atoms with Gasteiger partial charge in [-0.1, -0.05) is 244 Å². The number of ether oxygens (including phenoxy) is 1. The van der Waals surface area contributed by atoms with Gasteiger partial charge in [-0.05, 0) is 57.4 Å². The standard InChI is InChI=1S/C59H115N2O7P/c1-7-10-13-16-19-22-25-28-30-31-33-36-39-42-45-48-51-58(62)60-56(55-67-69(64,65)66-54-53-61(4,5)6)57(50-47-44-41-38-35-32-27-24-21-18-15-12-9-3)68-59(63)52-49-46-43-40-37-34-29-26-23-20-17-14-11-8-2/h30-31,47,50,56-57H,7-29,32-46,48-49,51-55H2,1-6H3,(H-,60,62,64,65)/p+1/b31-30+,50-47+. The van der Waals surface area contributed by atoms with Crippen LogP contribution in [0.15, 0.2) is 24.3 Å². The Morgan fingerprint density at radius 2 is 0.841 bits per heavy atom.